The number of pyridine rings is 1. The zero-order valence-electron chi connectivity index (χ0n) is 8.08. The Morgan fingerprint density at radius 2 is 2.25 bits per heavy atom. The Balaban J connectivity index is 2.41. The largest absolute Gasteiger partial charge is 0.441 e. The molecule has 3 nitrogen and oxygen atoms in total. The minimum absolute atomic E-state index is 0.107. The summed E-state index contributed by atoms with van der Waals surface area (Å²) in [4.78, 5) is 3.86. The van der Waals surface area contributed by atoms with Crippen LogP contribution >= 0.6 is 11.8 Å². The van der Waals surface area contributed by atoms with E-state index >= 15 is 0 Å². The lowest BCUT2D eigenvalue weighted by Crippen LogP contribution is -2.11. The van der Waals surface area contributed by atoms with Gasteiger partial charge in [0, 0.05) is 18.5 Å². The molecule has 0 aliphatic heterocycles. The third kappa shape index (κ3) is 4.40. The van der Waals surface area contributed by atoms with Crippen LogP contribution in [0.4, 0.5) is 19.0 Å². The molecular formula is C9H8F3N3S. The number of hydrogen-bond donors (Lipinski definition) is 1. The van der Waals surface area contributed by atoms with Crippen molar-refractivity contribution in [3.05, 3.63) is 23.9 Å². The van der Waals surface area contributed by atoms with Gasteiger partial charge in [0.15, 0.2) is 0 Å². The fraction of sp³-hybridized carbons (Fsp3) is 0.333. The number of alkyl halides is 3. The smallest absolute Gasteiger partial charge is 0.368 e. The van der Waals surface area contributed by atoms with Crippen LogP contribution < -0.4 is 5.32 Å². The van der Waals surface area contributed by atoms with Crippen LogP contribution in [0.3, 0.4) is 0 Å². The van der Waals surface area contributed by atoms with Crippen molar-refractivity contribution in [2.24, 2.45) is 0 Å². The van der Waals surface area contributed by atoms with E-state index in [-0.39, 0.29) is 24.1 Å². The van der Waals surface area contributed by atoms with Crippen molar-refractivity contribution in [3.63, 3.8) is 0 Å². The number of anilines is 1. The summed E-state index contributed by atoms with van der Waals surface area (Å²) in [5.41, 5.74) is -3.90. The normalized spacial score (nSPS) is 10.9. The van der Waals surface area contributed by atoms with Crippen LogP contribution in [-0.4, -0.2) is 22.8 Å². The van der Waals surface area contributed by atoms with Gasteiger partial charge in [0.25, 0.3) is 0 Å². The first kappa shape index (κ1) is 12.6. The first-order valence-electron chi connectivity index (χ1n) is 4.32. The topological polar surface area (TPSA) is 48.7 Å². The van der Waals surface area contributed by atoms with Gasteiger partial charge in [-0.25, -0.2) is 4.98 Å². The molecule has 0 aromatic carbocycles. The Kier molecular flexibility index (Phi) is 4.43. The van der Waals surface area contributed by atoms with E-state index in [0.717, 1.165) is 0 Å². The van der Waals surface area contributed by atoms with E-state index in [1.54, 1.807) is 12.1 Å². The van der Waals surface area contributed by atoms with Gasteiger partial charge in [0.2, 0.25) is 0 Å². The van der Waals surface area contributed by atoms with E-state index in [1.807, 2.05) is 6.07 Å². The summed E-state index contributed by atoms with van der Waals surface area (Å²) in [6.45, 7) is 0.107. The van der Waals surface area contributed by atoms with Crippen LogP contribution in [0, 0.1) is 11.3 Å². The SMILES string of the molecule is N#Cc1cccnc1NCCSC(F)(F)F. The van der Waals surface area contributed by atoms with Crippen molar-refractivity contribution in [2.45, 2.75) is 5.51 Å². The van der Waals surface area contributed by atoms with Gasteiger partial charge in [-0.2, -0.15) is 18.4 Å². The number of thioether (sulfide) groups is 1. The van der Waals surface area contributed by atoms with Gasteiger partial charge < -0.3 is 5.32 Å². The third-order valence-corrected chi connectivity index (χ3v) is 2.32. The molecule has 0 unspecified atom stereocenters. The minimum atomic E-state index is -4.22. The number of halogens is 3. The molecule has 0 saturated heterocycles. The molecule has 1 heterocycles. The highest BCUT2D eigenvalue weighted by molar-refractivity contribution is 8.00. The van der Waals surface area contributed by atoms with Crippen molar-refractivity contribution in [2.75, 3.05) is 17.6 Å². The molecule has 1 N–H and O–H groups in total. The lowest BCUT2D eigenvalue weighted by atomic mass is 10.3. The molecule has 0 saturated carbocycles. The van der Waals surface area contributed by atoms with E-state index in [0.29, 0.717) is 11.4 Å². The second-order valence-electron chi connectivity index (χ2n) is 2.73. The monoisotopic (exact) mass is 247 g/mol. The van der Waals surface area contributed by atoms with E-state index in [4.69, 9.17) is 5.26 Å². The second-order valence-corrected chi connectivity index (χ2v) is 3.89. The number of nitrogens with zero attached hydrogens (tertiary/aromatic N) is 2. The molecular weight excluding hydrogens is 239 g/mol. The molecule has 86 valence electrons. The Hall–Kier alpha value is -1.42. The predicted octanol–water partition coefficient (Wildman–Crippen LogP) is 2.62. The van der Waals surface area contributed by atoms with Crippen molar-refractivity contribution in [1.29, 1.82) is 5.26 Å². The minimum Gasteiger partial charge on any atom is -0.368 e. The first-order chi connectivity index (χ1) is 7.53. The van der Waals surface area contributed by atoms with Gasteiger partial charge in [-0.15, -0.1) is 0 Å². The highest BCUT2D eigenvalue weighted by Gasteiger charge is 2.27. The van der Waals surface area contributed by atoms with Crippen LogP contribution in [0.25, 0.3) is 0 Å². The van der Waals surface area contributed by atoms with E-state index in [9.17, 15) is 13.2 Å². The zero-order chi connectivity index (χ0) is 12.0. The molecule has 0 aliphatic rings. The highest BCUT2D eigenvalue weighted by atomic mass is 32.2. The second kappa shape index (κ2) is 5.61. The highest BCUT2D eigenvalue weighted by Crippen LogP contribution is 2.29. The molecule has 0 spiro atoms. The predicted molar refractivity (Wildman–Crippen MR) is 56.0 cm³/mol. The van der Waals surface area contributed by atoms with Crippen LogP contribution in [0.15, 0.2) is 18.3 Å². The van der Waals surface area contributed by atoms with E-state index in [1.165, 1.54) is 6.20 Å². The summed E-state index contributed by atoms with van der Waals surface area (Å²) in [5, 5.41) is 11.4. The molecule has 1 aromatic heterocycles. The maximum Gasteiger partial charge on any atom is 0.441 e. The van der Waals surface area contributed by atoms with Gasteiger partial charge in [-0.05, 0) is 23.9 Å². The standard InChI is InChI=1S/C9H8F3N3S/c10-9(11,12)16-5-4-15-8-7(6-13)2-1-3-14-8/h1-3H,4-5H2,(H,14,15). The molecule has 0 fully saturated rings. The van der Waals surface area contributed by atoms with Gasteiger partial charge in [0.1, 0.15) is 11.9 Å². The Bertz CT molecular complexity index is 386. The fourth-order valence-corrected chi connectivity index (χ4v) is 1.41. The van der Waals surface area contributed by atoms with Gasteiger partial charge in [0.05, 0.1) is 5.56 Å². The Morgan fingerprint density at radius 3 is 2.88 bits per heavy atom. The van der Waals surface area contributed by atoms with Crippen LogP contribution in [0.5, 0.6) is 0 Å². The molecule has 0 bridgehead atoms. The molecule has 0 aliphatic carbocycles. The van der Waals surface area contributed by atoms with E-state index in [2.05, 4.69) is 10.3 Å². The molecule has 0 radical (unpaired) electrons. The maximum absolute atomic E-state index is 11.8. The van der Waals surface area contributed by atoms with Crippen molar-refractivity contribution >= 4 is 17.6 Å². The average molecular weight is 247 g/mol. The average Bonchev–Trinajstić information content (AvgIpc) is 2.23. The number of hydrogen-bond acceptors (Lipinski definition) is 4. The summed E-state index contributed by atoms with van der Waals surface area (Å²) >= 11 is -0.107. The zero-order valence-corrected chi connectivity index (χ0v) is 8.90. The molecule has 0 amide bonds. The molecule has 1 rings (SSSR count). The fourth-order valence-electron chi connectivity index (χ4n) is 0.973. The van der Waals surface area contributed by atoms with Crippen LogP contribution in [-0.2, 0) is 0 Å². The van der Waals surface area contributed by atoms with Crippen LogP contribution in [0.2, 0.25) is 0 Å². The lowest BCUT2D eigenvalue weighted by molar-refractivity contribution is -0.0327. The quantitative estimate of drug-likeness (QED) is 0.831. The van der Waals surface area contributed by atoms with E-state index < -0.39 is 5.51 Å². The summed E-state index contributed by atoms with van der Waals surface area (Å²) in [6, 6.07) is 5.04. The summed E-state index contributed by atoms with van der Waals surface area (Å²) < 4.78 is 35.4. The van der Waals surface area contributed by atoms with Gasteiger partial charge in [-0.1, -0.05) is 0 Å². The molecule has 0 atom stereocenters. The number of rotatable bonds is 4. The van der Waals surface area contributed by atoms with Crippen molar-refractivity contribution < 1.29 is 13.2 Å². The van der Waals surface area contributed by atoms with Crippen molar-refractivity contribution in [3.8, 4) is 6.07 Å². The Morgan fingerprint density at radius 1 is 1.50 bits per heavy atom. The van der Waals surface area contributed by atoms with Gasteiger partial charge >= 0.3 is 5.51 Å². The van der Waals surface area contributed by atoms with Crippen molar-refractivity contribution in [1.82, 2.24) is 4.98 Å². The molecule has 7 heteroatoms. The summed E-state index contributed by atoms with van der Waals surface area (Å²) in [6.07, 6.45) is 1.47. The Labute approximate surface area is 94.7 Å². The van der Waals surface area contributed by atoms with Crippen LogP contribution in [0.1, 0.15) is 5.56 Å². The maximum atomic E-state index is 11.8. The third-order valence-electron chi connectivity index (χ3n) is 1.59. The summed E-state index contributed by atoms with van der Waals surface area (Å²) in [5.74, 6) is 0.193. The lowest BCUT2D eigenvalue weighted by Gasteiger charge is -2.07. The summed E-state index contributed by atoms with van der Waals surface area (Å²) in [7, 11) is 0. The molecule has 1 aromatic rings. The number of nitrogens with one attached hydrogen (secondary N) is 1. The number of aromatic nitrogens is 1. The first-order valence-corrected chi connectivity index (χ1v) is 5.31. The van der Waals surface area contributed by atoms with Gasteiger partial charge in [-0.3, -0.25) is 0 Å². The number of nitriles is 1. The molecule has 16 heavy (non-hydrogen) atoms.